The molecule has 1 aromatic rings. The van der Waals surface area contributed by atoms with Gasteiger partial charge in [0.25, 0.3) is 0 Å². The molecule has 2 bridgehead atoms. The first-order valence-electron chi connectivity index (χ1n) is 9.71. The second-order valence-corrected chi connectivity index (χ2v) is 8.06. The largest absolute Gasteiger partial charge is 0.493 e. The van der Waals surface area contributed by atoms with Crippen molar-refractivity contribution < 1.29 is 19.1 Å². The van der Waals surface area contributed by atoms with Gasteiger partial charge in [0, 0.05) is 6.54 Å². The molecule has 0 N–H and O–H groups in total. The average Bonchev–Trinajstić information content (AvgIpc) is 3.30. The molecule has 1 aromatic carbocycles. The number of hydrogen-bond donors (Lipinski definition) is 0. The molecule has 2 aliphatic carbocycles. The smallest absolute Gasteiger partial charge is 0.233 e. The molecule has 5 nitrogen and oxygen atoms in total. The van der Waals surface area contributed by atoms with Crippen LogP contribution in [0.5, 0.6) is 11.5 Å². The van der Waals surface area contributed by atoms with Crippen LogP contribution >= 0.6 is 0 Å². The molecule has 5 heteroatoms. The normalized spacial score (nSPS) is 28.7. The van der Waals surface area contributed by atoms with E-state index in [1.807, 2.05) is 18.2 Å². The van der Waals surface area contributed by atoms with E-state index in [4.69, 9.17) is 9.47 Å². The third-order valence-electron chi connectivity index (χ3n) is 6.59. The Morgan fingerprint density at radius 1 is 1.00 bits per heavy atom. The van der Waals surface area contributed by atoms with Crippen molar-refractivity contribution in [3.63, 3.8) is 0 Å². The summed E-state index contributed by atoms with van der Waals surface area (Å²) in [6.07, 6.45) is 2.73. The van der Waals surface area contributed by atoms with Crippen molar-refractivity contribution in [2.24, 2.45) is 23.7 Å². The van der Waals surface area contributed by atoms with Crippen molar-refractivity contribution in [2.75, 3.05) is 20.8 Å². The first-order chi connectivity index (χ1) is 13.0. The summed E-state index contributed by atoms with van der Waals surface area (Å²) in [5.41, 5.74) is 3.72. The Morgan fingerprint density at radius 3 is 2.11 bits per heavy atom. The number of ether oxygens (including phenoxy) is 2. The Morgan fingerprint density at radius 2 is 1.59 bits per heavy atom. The topological polar surface area (TPSA) is 55.8 Å². The second-order valence-electron chi connectivity index (χ2n) is 8.06. The van der Waals surface area contributed by atoms with Crippen molar-refractivity contribution in [2.45, 2.75) is 33.1 Å². The van der Waals surface area contributed by atoms with Gasteiger partial charge in [0.15, 0.2) is 11.5 Å². The standard InChI is InChI=1S/C22H27NO4/c1-12(2)18-14-6-7-15(18)20-19(14)21(24)23(22(20)25)10-9-13-5-8-16(26-3)17(11-13)27-4/h5,8,11,14-15,19-20H,6-7,9-10H2,1-4H3/t14-,15+,19-,20-/m1/s1. The SMILES string of the molecule is COc1ccc(CCN2C(=O)[C@H]3[C@H](C2=O)[C@H]2CC[C@@H]3C2=C(C)C)cc1OC. The van der Waals surface area contributed by atoms with Gasteiger partial charge < -0.3 is 9.47 Å². The Labute approximate surface area is 160 Å². The molecule has 2 saturated carbocycles. The maximum absolute atomic E-state index is 13.0. The number of methoxy groups -OCH3 is 2. The third-order valence-corrected chi connectivity index (χ3v) is 6.59. The van der Waals surface area contributed by atoms with Crippen molar-refractivity contribution in [3.05, 3.63) is 34.9 Å². The van der Waals surface area contributed by atoms with E-state index in [1.165, 1.54) is 16.0 Å². The van der Waals surface area contributed by atoms with E-state index >= 15 is 0 Å². The molecule has 0 spiro atoms. The number of hydrogen-bond acceptors (Lipinski definition) is 4. The lowest BCUT2D eigenvalue weighted by atomic mass is 9.81. The van der Waals surface area contributed by atoms with E-state index in [0.717, 1.165) is 18.4 Å². The molecule has 4 rings (SSSR count). The zero-order chi connectivity index (χ0) is 19.3. The summed E-state index contributed by atoms with van der Waals surface area (Å²) < 4.78 is 10.6. The quantitative estimate of drug-likeness (QED) is 0.591. The average molecular weight is 369 g/mol. The molecular weight excluding hydrogens is 342 g/mol. The molecule has 3 fully saturated rings. The lowest BCUT2D eigenvalue weighted by molar-refractivity contribution is -0.140. The van der Waals surface area contributed by atoms with Crippen molar-refractivity contribution in [3.8, 4) is 11.5 Å². The highest BCUT2D eigenvalue weighted by molar-refractivity contribution is 6.06. The van der Waals surface area contributed by atoms with Crippen LogP contribution in [-0.2, 0) is 16.0 Å². The summed E-state index contributed by atoms with van der Waals surface area (Å²) in [6.45, 7) is 4.67. The number of allylic oxidation sites excluding steroid dienone is 2. The highest BCUT2D eigenvalue weighted by Crippen LogP contribution is 2.60. The van der Waals surface area contributed by atoms with Gasteiger partial charge in [-0.1, -0.05) is 17.2 Å². The Balaban J connectivity index is 1.50. The number of fused-ring (bicyclic) bond motifs is 5. The van der Waals surface area contributed by atoms with Crippen LogP contribution in [-0.4, -0.2) is 37.5 Å². The summed E-state index contributed by atoms with van der Waals surface area (Å²) in [6, 6.07) is 5.73. The van der Waals surface area contributed by atoms with Crippen LogP contribution in [0.15, 0.2) is 29.3 Å². The Hall–Kier alpha value is -2.30. The van der Waals surface area contributed by atoms with E-state index in [0.29, 0.717) is 24.5 Å². The highest BCUT2D eigenvalue weighted by Gasteiger charge is 2.63. The number of carbonyl (C=O) groups is 2. The number of carbonyl (C=O) groups excluding carboxylic acids is 2. The van der Waals surface area contributed by atoms with Gasteiger partial charge in [-0.25, -0.2) is 0 Å². The van der Waals surface area contributed by atoms with E-state index in [9.17, 15) is 9.59 Å². The molecule has 1 aliphatic heterocycles. The minimum atomic E-state index is -0.119. The van der Waals surface area contributed by atoms with E-state index in [-0.39, 0.29) is 35.5 Å². The van der Waals surface area contributed by atoms with Crippen LogP contribution in [0.4, 0.5) is 0 Å². The van der Waals surface area contributed by atoms with E-state index in [1.54, 1.807) is 14.2 Å². The number of nitrogens with zero attached hydrogens (tertiary/aromatic N) is 1. The van der Waals surface area contributed by atoms with Gasteiger partial charge in [-0.2, -0.15) is 0 Å². The molecule has 2 amide bonds. The molecule has 1 saturated heterocycles. The zero-order valence-electron chi connectivity index (χ0n) is 16.5. The maximum atomic E-state index is 13.0. The minimum Gasteiger partial charge on any atom is -0.493 e. The van der Waals surface area contributed by atoms with Crippen LogP contribution in [0, 0.1) is 23.7 Å². The van der Waals surface area contributed by atoms with Crippen LogP contribution in [0.25, 0.3) is 0 Å². The first-order valence-corrected chi connectivity index (χ1v) is 9.71. The predicted molar refractivity (Wildman–Crippen MR) is 102 cm³/mol. The Kier molecular flexibility index (Phi) is 4.49. The molecule has 3 aliphatic rings. The summed E-state index contributed by atoms with van der Waals surface area (Å²) in [4.78, 5) is 27.6. The fourth-order valence-electron chi connectivity index (χ4n) is 5.55. The molecule has 1 heterocycles. The van der Waals surface area contributed by atoms with Gasteiger partial charge in [0.05, 0.1) is 26.1 Å². The lowest BCUT2D eigenvalue weighted by Gasteiger charge is -2.19. The minimum absolute atomic E-state index is 0.0384. The van der Waals surface area contributed by atoms with Crippen LogP contribution in [0.1, 0.15) is 32.3 Å². The number of imide groups is 1. The van der Waals surface area contributed by atoms with Gasteiger partial charge in [-0.15, -0.1) is 0 Å². The summed E-state index contributed by atoms with van der Waals surface area (Å²) in [5.74, 6) is 1.75. The van der Waals surface area contributed by atoms with Crippen LogP contribution in [0.2, 0.25) is 0 Å². The van der Waals surface area contributed by atoms with Crippen molar-refractivity contribution in [1.82, 2.24) is 4.90 Å². The van der Waals surface area contributed by atoms with Crippen LogP contribution in [0.3, 0.4) is 0 Å². The fraction of sp³-hybridized carbons (Fsp3) is 0.545. The van der Waals surface area contributed by atoms with Gasteiger partial charge >= 0.3 is 0 Å². The number of likely N-dealkylation sites (tertiary alicyclic amines) is 1. The molecule has 0 radical (unpaired) electrons. The highest BCUT2D eigenvalue weighted by atomic mass is 16.5. The van der Waals surface area contributed by atoms with Gasteiger partial charge in [-0.3, -0.25) is 14.5 Å². The Bertz CT molecular complexity index is 792. The third kappa shape index (κ3) is 2.67. The maximum Gasteiger partial charge on any atom is 0.233 e. The van der Waals surface area contributed by atoms with Crippen molar-refractivity contribution in [1.29, 1.82) is 0 Å². The number of benzene rings is 1. The number of rotatable bonds is 5. The van der Waals surface area contributed by atoms with Gasteiger partial charge in [0.2, 0.25) is 11.8 Å². The monoisotopic (exact) mass is 369 g/mol. The lowest BCUT2D eigenvalue weighted by Crippen LogP contribution is -2.35. The summed E-state index contributed by atoms with van der Waals surface area (Å²) in [5, 5.41) is 0. The molecule has 0 aromatic heterocycles. The number of amides is 2. The van der Waals surface area contributed by atoms with Crippen molar-refractivity contribution >= 4 is 11.8 Å². The first kappa shape index (κ1) is 18.1. The molecule has 144 valence electrons. The summed E-state index contributed by atoms with van der Waals surface area (Å²) in [7, 11) is 3.21. The van der Waals surface area contributed by atoms with Crippen LogP contribution < -0.4 is 9.47 Å². The fourth-order valence-corrected chi connectivity index (χ4v) is 5.55. The molecule has 0 unspecified atom stereocenters. The molecule has 4 atom stereocenters. The predicted octanol–water partition coefficient (Wildman–Crippen LogP) is 3.22. The zero-order valence-corrected chi connectivity index (χ0v) is 16.5. The molecule has 27 heavy (non-hydrogen) atoms. The van der Waals surface area contributed by atoms with Gasteiger partial charge in [0.1, 0.15) is 0 Å². The van der Waals surface area contributed by atoms with E-state index < -0.39 is 0 Å². The molecular formula is C22H27NO4. The van der Waals surface area contributed by atoms with E-state index in [2.05, 4.69) is 13.8 Å². The second kappa shape index (κ2) is 6.70. The van der Waals surface area contributed by atoms with Gasteiger partial charge in [-0.05, 0) is 62.6 Å². The summed E-state index contributed by atoms with van der Waals surface area (Å²) >= 11 is 0.